The van der Waals surface area contributed by atoms with Gasteiger partial charge in [0.2, 0.25) is 0 Å². The number of benzene rings is 1. The fourth-order valence-corrected chi connectivity index (χ4v) is 3.15. The summed E-state index contributed by atoms with van der Waals surface area (Å²) in [5.41, 5.74) is 1.01. The van der Waals surface area contributed by atoms with Crippen LogP contribution in [-0.4, -0.2) is 16.5 Å². The summed E-state index contributed by atoms with van der Waals surface area (Å²) in [6.07, 6.45) is 5.87. The van der Waals surface area contributed by atoms with E-state index < -0.39 is 0 Å². The van der Waals surface area contributed by atoms with E-state index in [-0.39, 0.29) is 17.1 Å². The van der Waals surface area contributed by atoms with Crippen LogP contribution in [0.5, 0.6) is 11.5 Å². The molecular formula is C15H18O3. The van der Waals surface area contributed by atoms with Crippen LogP contribution in [0.15, 0.2) is 12.1 Å². The molecule has 18 heavy (non-hydrogen) atoms. The standard InChI is InChI=1S/C15H18O3/c1-10-12(16)6-5-11-13(17)9-15(18-14(10)11)7-3-2-4-8-15/h5-6,16H,2-4,7-9H2,1H3. The number of Topliss-reactive ketones (excluding diaryl/α,β-unsaturated/α-hetero) is 1. The number of carbonyl (C=O) groups excluding carboxylic acids is 1. The van der Waals surface area contributed by atoms with Crippen LogP contribution in [0.25, 0.3) is 0 Å². The first-order valence-electron chi connectivity index (χ1n) is 6.66. The lowest BCUT2D eigenvalue weighted by Crippen LogP contribution is -2.43. The quantitative estimate of drug-likeness (QED) is 0.763. The summed E-state index contributed by atoms with van der Waals surface area (Å²) in [7, 11) is 0. The van der Waals surface area contributed by atoms with Crippen molar-refractivity contribution in [1.82, 2.24) is 0 Å². The zero-order valence-electron chi connectivity index (χ0n) is 10.7. The number of fused-ring (bicyclic) bond motifs is 1. The second-order valence-electron chi connectivity index (χ2n) is 5.53. The third-order valence-corrected chi connectivity index (χ3v) is 4.24. The maximum absolute atomic E-state index is 12.3. The summed E-state index contributed by atoms with van der Waals surface area (Å²) in [5.74, 6) is 0.962. The molecule has 3 nitrogen and oxygen atoms in total. The molecule has 1 N–H and O–H groups in total. The molecule has 3 rings (SSSR count). The highest BCUT2D eigenvalue weighted by atomic mass is 16.5. The Kier molecular flexibility index (Phi) is 2.58. The Labute approximate surface area is 107 Å². The number of ketones is 1. The van der Waals surface area contributed by atoms with E-state index in [1.807, 2.05) is 6.92 Å². The molecule has 0 atom stereocenters. The average molecular weight is 246 g/mol. The molecule has 96 valence electrons. The summed E-state index contributed by atoms with van der Waals surface area (Å²) in [4.78, 5) is 12.3. The third kappa shape index (κ3) is 1.69. The van der Waals surface area contributed by atoms with Crippen LogP contribution in [-0.2, 0) is 0 Å². The lowest BCUT2D eigenvalue weighted by atomic mass is 9.78. The van der Waals surface area contributed by atoms with Gasteiger partial charge in [-0.2, -0.15) is 0 Å². The number of phenolic OH excluding ortho intramolecular Hbond substituents is 1. The first-order valence-corrected chi connectivity index (χ1v) is 6.66. The third-order valence-electron chi connectivity index (χ3n) is 4.24. The Morgan fingerprint density at radius 2 is 1.94 bits per heavy atom. The maximum Gasteiger partial charge on any atom is 0.170 e. The molecule has 3 heteroatoms. The van der Waals surface area contributed by atoms with Gasteiger partial charge < -0.3 is 9.84 Å². The monoisotopic (exact) mass is 246 g/mol. The SMILES string of the molecule is Cc1c(O)ccc2c1OC1(CCCCC1)CC2=O. The Balaban J connectivity index is 2.05. The van der Waals surface area contributed by atoms with Crippen molar-refractivity contribution in [3.63, 3.8) is 0 Å². The zero-order chi connectivity index (χ0) is 12.8. The molecular weight excluding hydrogens is 228 g/mol. The summed E-state index contributed by atoms with van der Waals surface area (Å²) in [6, 6.07) is 3.25. The van der Waals surface area contributed by atoms with Crippen LogP contribution in [0.3, 0.4) is 0 Å². The first-order chi connectivity index (χ1) is 8.61. The van der Waals surface area contributed by atoms with Crippen molar-refractivity contribution in [1.29, 1.82) is 0 Å². The Morgan fingerprint density at radius 1 is 1.22 bits per heavy atom. The minimum absolute atomic E-state index is 0.154. The van der Waals surface area contributed by atoms with Crippen molar-refractivity contribution in [2.45, 2.75) is 51.0 Å². The number of aromatic hydroxyl groups is 1. The molecule has 0 aromatic heterocycles. The molecule has 0 amide bonds. The second-order valence-corrected chi connectivity index (χ2v) is 5.53. The lowest BCUT2D eigenvalue weighted by Gasteiger charge is -2.41. The molecule has 0 radical (unpaired) electrons. The first kappa shape index (κ1) is 11.6. The Bertz CT molecular complexity index is 499. The maximum atomic E-state index is 12.3. The van der Waals surface area contributed by atoms with Crippen LogP contribution >= 0.6 is 0 Å². The van der Waals surface area contributed by atoms with Gasteiger partial charge in [0.25, 0.3) is 0 Å². The lowest BCUT2D eigenvalue weighted by molar-refractivity contribution is 0.0129. The predicted octanol–water partition coefficient (Wildman–Crippen LogP) is 3.37. The van der Waals surface area contributed by atoms with Crippen LogP contribution in [0.2, 0.25) is 0 Å². The van der Waals surface area contributed by atoms with Gasteiger partial charge in [-0.3, -0.25) is 4.79 Å². The number of carbonyl (C=O) groups is 1. The normalized spacial score (nSPS) is 21.5. The van der Waals surface area contributed by atoms with Crippen molar-refractivity contribution in [3.8, 4) is 11.5 Å². The van der Waals surface area contributed by atoms with Crippen LogP contribution in [0, 0.1) is 6.92 Å². The van der Waals surface area contributed by atoms with E-state index in [4.69, 9.17) is 4.74 Å². The van der Waals surface area contributed by atoms with Crippen molar-refractivity contribution in [3.05, 3.63) is 23.3 Å². The minimum atomic E-state index is -0.305. The molecule has 0 unspecified atom stereocenters. The molecule has 1 saturated carbocycles. The van der Waals surface area contributed by atoms with Gasteiger partial charge in [-0.15, -0.1) is 0 Å². The molecule has 1 heterocycles. The van der Waals surface area contributed by atoms with E-state index in [1.54, 1.807) is 12.1 Å². The fourth-order valence-electron chi connectivity index (χ4n) is 3.15. The number of rotatable bonds is 0. The Hall–Kier alpha value is -1.51. The highest BCUT2D eigenvalue weighted by Gasteiger charge is 2.42. The molecule has 2 aliphatic rings. The molecule has 0 saturated heterocycles. The average Bonchev–Trinajstić information content (AvgIpc) is 2.35. The molecule has 1 aliphatic carbocycles. The molecule has 1 aromatic carbocycles. The van der Waals surface area contributed by atoms with Gasteiger partial charge in [-0.1, -0.05) is 6.42 Å². The van der Waals surface area contributed by atoms with Gasteiger partial charge in [0.1, 0.15) is 17.1 Å². The van der Waals surface area contributed by atoms with Crippen LogP contribution in [0.4, 0.5) is 0 Å². The number of phenols is 1. The topological polar surface area (TPSA) is 46.5 Å². The highest BCUT2D eigenvalue weighted by molar-refractivity contribution is 6.01. The van der Waals surface area contributed by atoms with E-state index in [0.29, 0.717) is 23.3 Å². The van der Waals surface area contributed by atoms with E-state index in [2.05, 4.69) is 0 Å². The van der Waals surface area contributed by atoms with E-state index in [0.717, 1.165) is 25.7 Å². The summed E-state index contributed by atoms with van der Waals surface area (Å²) in [6.45, 7) is 1.81. The largest absolute Gasteiger partial charge is 0.508 e. The fraction of sp³-hybridized carbons (Fsp3) is 0.533. The molecule has 1 aliphatic heterocycles. The Morgan fingerprint density at radius 3 is 2.67 bits per heavy atom. The zero-order valence-corrected chi connectivity index (χ0v) is 10.7. The van der Waals surface area contributed by atoms with Crippen molar-refractivity contribution >= 4 is 5.78 Å². The van der Waals surface area contributed by atoms with E-state index >= 15 is 0 Å². The van der Waals surface area contributed by atoms with Gasteiger partial charge in [-0.05, 0) is 44.7 Å². The van der Waals surface area contributed by atoms with Crippen molar-refractivity contribution in [2.24, 2.45) is 0 Å². The summed E-state index contributed by atoms with van der Waals surface area (Å²) < 4.78 is 6.16. The second kappa shape index (κ2) is 4.01. The molecule has 1 fully saturated rings. The number of hydrogen-bond donors (Lipinski definition) is 1. The summed E-state index contributed by atoms with van der Waals surface area (Å²) >= 11 is 0. The van der Waals surface area contributed by atoms with Crippen molar-refractivity contribution in [2.75, 3.05) is 0 Å². The van der Waals surface area contributed by atoms with Crippen LogP contribution in [0.1, 0.15) is 54.4 Å². The number of hydrogen-bond acceptors (Lipinski definition) is 3. The van der Waals surface area contributed by atoms with Gasteiger partial charge >= 0.3 is 0 Å². The molecule has 0 bridgehead atoms. The van der Waals surface area contributed by atoms with Crippen LogP contribution < -0.4 is 4.74 Å². The van der Waals surface area contributed by atoms with Crippen molar-refractivity contribution < 1.29 is 14.6 Å². The van der Waals surface area contributed by atoms with Gasteiger partial charge in [0.15, 0.2) is 5.78 Å². The van der Waals surface area contributed by atoms with E-state index in [9.17, 15) is 9.90 Å². The smallest absolute Gasteiger partial charge is 0.170 e. The summed E-state index contributed by atoms with van der Waals surface area (Å²) in [5, 5.41) is 9.76. The highest BCUT2D eigenvalue weighted by Crippen LogP contribution is 2.44. The molecule has 1 spiro atoms. The predicted molar refractivity (Wildman–Crippen MR) is 68.2 cm³/mol. The van der Waals surface area contributed by atoms with E-state index in [1.165, 1.54) is 6.42 Å². The van der Waals surface area contributed by atoms with Gasteiger partial charge in [0.05, 0.1) is 12.0 Å². The van der Waals surface area contributed by atoms with Gasteiger partial charge in [-0.25, -0.2) is 0 Å². The minimum Gasteiger partial charge on any atom is -0.508 e. The van der Waals surface area contributed by atoms with Gasteiger partial charge in [0, 0.05) is 5.56 Å². The number of ether oxygens (including phenoxy) is 1. The molecule has 1 aromatic rings.